The molecule has 1 heterocycles. The Bertz CT molecular complexity index is 365. The molecule has 0 amide bonds. The van der Waals surface area contributed by atoms with Crippen molar-refractivity contribution < 1.29 is 0 Å². The number of piperidine rings is 1. The standard InChI is InChI=1S/C15H24N2/c1-4-17-10-8-14(9-11-17)16-15-7-5-6-12(2)13(15)3/h5-7,14,16H,4,8-11H2,1-3H3. The van der Waals surface area contributed by atoms with Crippen molar-refractivity contribution in [1.29, 1.82) is 0 Å². The van der Waals surface area contributed by atoms with Gasteiger partial charge in [-0.1, -0.05) is 19.1 Å². The maximum absolute atomic E-state index is 3.71. The first-order valence-corrected chi connectivity index (χ1v) is 6.75. The van der Waals surface area contributed by atoms with E-state index in [0.717, 1.165) is 0 Å². The van der Waals surface area contributed by atoms with Gasteiger partial charge in [-0.05, 0) is 50.4 Å². The van der Waals surface area contributed by atoms with E-state index in [1.165, 1.54) is 49.3 Å². The van der Waals surface area contributed by atoms with Gasteiger partial charge in [0.2, 0.25) is 0 Å². The topological polar surface area (TPSA) is 15.3 Å². The lowest BCUT2D eigenvalue weighted by molar-refractivity contribution is 0.229. The first-order chi connectivity index (χ1) is 8.20. The molecule has 0 bridgehead atoms. The molecule has 1 aromatic rings. The van der Waals surface area contributed by atoms with Crippen LogP contribution in [0.2, 0.25) is 0 Å². The fourth-order valence-electron chi connectivity index (χ4n) is 2.52. The summed E-state index contributed by atoms with van der Waals surface area (Å²) in [5, 5.41) is 3.71. The maximum atomic E-state index is 3.71. The Labute approximate surface area is 105 Å². The van der Waals surface area contributed by atoms with Crippen molar-refractivity contribution in [2.45, 2.75) is 39.7 Å². The molecule has 2 heteroatoms. The summed E-state index contributed by atoms with van der Waals surface area (Å²) in [4.78, 5) is 2.53. The van der Waals surface area contributed by atoms with Crippen LogP contribution in [-0.2, 0) is 0 Å². The number of hydrogen-bond donors (Lipinski definition) is 1. The fourth-order valence-corrected chi connectivity index (χ4v) is 2.52. The summed E-state index contributed by atoms with van der Waals surface area (Å²) in [5.41, 5.74) is 4.09. The van der Waals surface area contributed by atoms with Crippen molar-refractivity contribution in [2.75, 3.05) is 25.0 Å². The van der Waals surface area contributed by atoms with Crippen LogP contribution in [0.15, 0.2) is 18.2 Å². The molecule has 1 N–H and O–H groups in total. The van der Waals surface area contributed by atoms with E-state index in [1.807, 2.05) is 0 Å². The highest BCUT2D eigenvalue weighted by Gasteiger charge is 2.18. The molecular formula is C15H24N2. The lowest BCUT2D eigenvalue weighted by atomic mass is 10.0. The summed E-state index contributed by atoms with van der Waals surface area (Å²) in [5.74, 6) is 0. The van der Waals surface area contributed by atoms with Gasteiger partial charge in [0.25, 0.3) is 0 Å². The molecule has 1 saturated heterocycles. The third-order valence-electron chi connectivity index (χ3n) is 4.00. The highest BCUT2D eigenvalue weighted by atomic mass is 15.1. The van der Waals surface area contributed by atoms with Crippen LogP contribution in [0.3, 0.4) is 0 Å². The molecule has 0 aromatic heterocycles. The molecule has 0 unspecified atom stereocenters. The number of likely N-dealkylation sites (tertiary alicyclic amines) is 1. The van der Waals surface area contributed by atoms with E-state index in [2.05, 4.69) is 49.2 Å². The van der Waals surface area contributed by atoms with Crippen molar-refractivity contribution in [2.24, 2.45) is 0 Å². The number of benzene rings is 1. The summed E-state index contributed by atoms with van der Waals surface area (Å²) < 4.78 is 0. The molecule has 1 aromatic carbocycles. The minimum absolute atomic E-state index is 0.651. The average molecular weight is 232 g/mol. The molecule has 1 aliphatic rings. The van der Waals surface area contributed by atoms with Crippen LogP contribution in [-0.4, -0.2) is 30.6 Å². The zero-order valence-electron chi connectivity index (χ0n) is 11.3. The Morgan fingerprint density at radius 2 is 1.94 bits per heavy atom. The van der Waals surface area contributed by atoms with Crippen molar-refractivity contribution >= 4 is 5.69 Å². The summed E-state index contributed by atoms with van der Waals surface area (Å²) in [6, 6.07) is 7.18. The highest BCUT2D eigenvalue weighted by Crippen LogP contribution is 2.21. The average Bonchev–Trinajstić information content (AvgIpc) is 2.36. The normalized spacial score (nSPS) is 18.3. The highest BCUT2D eigenvalue weighted by molar-refractivity contribution is 5.54. The summed E-state index contributed by atoms with van der Waals surface area (Å²) in [6.07, 6.45) is 2.53. The zero-order valence-corrected chi connectivity index (χ0v) is 11.3. The predicted octanol–water partition coefficient (Wildman–Crippen LogP) is 3.20. The van der Waals surface area contributed by atoms with Gasteiger partial charge in [-0.25, -0.2) is 0 Å². The predicted molar refractivity (Wildman–Crippen MR) is 74.7 cm³/mol. The van der Waals surface area contributed by atoms with Gasteiger partial charge in [0, 0.05) is 24.8 Å². The van der Waals surface area contributed by atoms with Gasteiger partial charge in [0.1, 0.15) is 0 Å². The Hall–Kier alpha value is -1.02. The Morgan fingerprint density at radius 3 is 2.59 bits per heavy atom. The van der Waals surface area contributed by atoms with E-state index in [9.17, 15) is 0 Å². The fraction of sp³-hybridized carbons (Fsp3) is 0.600. The SMILES string of the molecule is CCN1CCC(Nc2cccc(C)c2C)CC1. The van der Waals surface area contributed by atoms with Gasteiger partial charge < -0.3 is 10.2 Å². The molecule has 1 fully saturated rings. The van der Waals surface area contributed by atoms with Crippen LogP contribution in [0.25, 0.3) is 0 Å². The maximum Gasteiger partial charge on any atom is 0.0374 e. The number of nitrogens with zero attached hydrogens (tertiary/aromatic N) is 1. The molecular weight excluding hydrogens is 208 g/mol. The van der Waals surface area contributed by atoms with Crippen molar-refractivity contribution in [3.8, 4) is 0 Å². The first-order valence-electron chi connectivity index (χ1n) is 6.75. The molecule has 17 heavy (non-hydrogen) atoms. The van der Waals surface area contributed by atoms with E-state index >= 15 is 0 Å². The molecule has 2 rings (SSSR count). The molecule has 2 nitrogen and oxygen atoms in total. The third-order valence-corrected chi connectivity index (χ3v) is 4.00. The number of rotatable bonds is 3. The second kappa shape index (κ2) is 5.54. The minimum atomic E-state index is 0.651. The van der Waals surface area contributed by atoms with E-state index < -0.39 is 0 Å². The quantitative estimate of drug-likeness (QED) is 0.861. The van der Waals surface area contributed by atoms with Crippen LogP contribution in [0.1, 0.15) is 30.9 Å². The minimum Gasteiger partial charge on any atom is -0.382 e. The molecule has 0 atom stereocenters. The molecule has 0 aliphatic carbocycles. The molecule has 0 saturated carbocycles. The lowest BCUT2D eigenvalue weighted by Gasteiger charge is -2.32. The molecule has 0 radical (unpaired) electrons. The lowest BCUT2D eigenvalue weighted by Crippen LogP contribution is -2.38. The number of nitrogens with one attached hydrogen (secondary N) is 1. The van der Waals surface area contributed by atoms with Crippen LogP contribution in [0, 0.1) is 13.8 Å². The molecule has 1 aliphatic heterocycles. The Morgan fingerprint density at radius 1 is 1.24 bits per heavy atom. The molecule has 0 spiro atoms. The number of aryl methyl sites for hydroxylation is 1. The Balaban J connectivity index is 1.95. The van der Waals surface area contributed by atoms with Crippen LogP contribution >= 0.6 is 0 Å². The number of anilines is 1. The smallest absolute Gasteiger partial charge is 0.0374 e. The van der Waals surface area contributed by atoms with E-state index in [1.54, 1.807) is 0 Å². The van der Waals surface area contributed by atoms with Gasteiger partial charge >= 0.3 is 0 Å². The van der Waals surface area contributed by atoms with Gasteiger partial charge in [0.05, 0.1) is 0 Å². The van der Waals surface area contributed by atoms with Gasteiger partial charge in [-0.2, -0.15) is 0 Å². The second-order valence-corrected chi connectivity index (χ2v) is 5.10. The molecule has 94 valence electrons. The van der Waals surface area contributed by atoms with Crippen molar-refractivity contribution in [3.05, 3.63) is 29.3 Å². The second-order valence-electron chi connectivity index (χ2n) is 5.10. The van der Waals surface area contributed by atoms with Gasteiger partial charge in [0.15, 0.2) is 0 Å². The summed E-state index contributed by atoms with van der Waals surface area (Å²) in [6.45, 7) is 10.3. The van der Waals surface area contributed by atoms with E-state index in [0.29, 0.717) is 6.04 Å². The third kappa shape index (κ3) is 3.01. The largest absolute Gasteiger partial charge is 0.382 e. The van der Waals surface area contributed by atoms with Crippen molar-refractivity contribution in [1.82, 2.24) is 4.90 Å². The Kier molecular flexibility index (Phi) is 4.06. The van der Waals surface area contributed by atoms with E-state index in [-0.39, 0.29) is 0 Å². The van der Waals surface area contributed by atoms with Gasteiger partial charge in [-0.3, -0.25) is 0 Å². The van der Waals surface area contributed by atoms with Crippen LogP contribution in [0.5, 0.6) is 0 Å². The first kappa shape index (κ1) is 12.4. The summed E-state index contributed by atoms with van der Waals surface area (Å²) >= 11 is 0. The number of hydrogen-bond acceptors (Lipinski definition) is 2. The van der Waals surface area contributed by atoms with Crippen LogP contribution in [0.4, 0.5) is 5.69 Å². The monoisotopic (exact) mass is 232 g/mol. The van der Waals surface area contributed by atoms with E-state index in [4.69, 9.17) is 0 Å². The summed E-state index contributed by atoms with van der Waals surface area (Å²) in [7, 11) is 0. The zero-order chi connectivity index (χ0) is 12.3. The van der Waals surface area contributed by atoms with Crippen molar-refractivity contribution in [3.63, 3.8) is 0 Å². The van der Waals surface area contributed by atoms with Gasteiger partial charge in [-0.15, -0.1) is 0 Å². The van der Waals surface area contributed by atoms with Crippen LogP contribution < -0.4 is 5.32 Å².